The van der Waals surface area contributed by atoms with Gasteiger partial charge >= 0.3 is 0 Å². The molecule has 2 heteroatoms. The summed E-state index contributed by atoms with van der Waals surface area (Å²) in [6, 6.07) is 0. The van der Waals surface area contributed by atoms with Crippen LogP contribution in [0.1, 0.15) is 19.8 Å². The Morgan fingerprint density at radius 3 is 2.44 bits per heavy atom. The number of likely N-dealkylation sites (N-methyl/N-ethyl adjacent to an activating group) is 2. The number of hydrogen-bond donors (Lipinski definition) is 2. The first-order valence-electron chi connectivity index (χ1n) is 3.72. The summed E-state index contributed by atoms with van der Waals surface area (Å²) in [7, 11) is 2.05. The second-order valence-corrected chi connectivity index (χ2v) is 2.81. The van der Waals surface area contributed by atoms with Crippen LogP contribution in [0.2, 0.25) is 0 Å². The molecule has 0 spiro atoms. The van der Waals surface area contributed by atoms with Crippen molar-refractivity contribution in [1.82, 2.24) is 10.6 Å². The Bertz CT molecular complexity index is 86.9. The molecule has 0 heterocycles. The Balaban J connectivity index is 2.10. The minimum atomic E-state index is 0.482. The van der Waals surface area contributed by atoms with E-state index in [1.807, 2.05) is 7.05 Å². The molecule has 1 rings (SSSR count). The Hall–Kier alpha value is -0.0800. The fourth-order valence-electron chi connectivity index (χ4n) is 1.03. The van der Waals surface area contributed by atoms with Crippen molar-refractivity contribution >= 4 is 0 Å². The van der Waals surface area contributed by atoms with Crippen LogP contribution in [-0.4, -0.2) is 25.7 Å². The zero-order valence-corrected chi connectivity index (χ0v) is 6.33. The molecule has 2 N–H and O–H groups in total. The van der Waals surface area contributed by atoms with Gasteiger partial charge in [0.25, 0.3) is 0 Å². The van der Waals surface area contributed by atoms with Crippen LogP contribution in [-0.2, 0) is 0 Å². The van der Waals surface area contributed by atoms with Gasteiger partial charge in [0.2, 0.25) is 0 Å². The summed E-state index contributed by atoms with van der Waals surface area (Å²) in [4.78, 5) is 0. The van der Waals surface area contributed by atoms with E-state index in [9.17, 15) is 0 Å². The van der Waals surface area contributed by atoms with E-state index in [0.717, 1.165) is 13.1 Å². The fraction of sp³-hybridized carbons (Fsp3) is 1.00. The topological polar surface area (TPSA) is 24.1 Å². The number of rotatable bonds is 4. The van der Waals surface area contributed by atoms with E-state index in [1.54, 1.807) is 0 Å². The molecule has 1 aliphatic carbocycles. The minimum Gasteiger partial charge on any atom is -0.315 e. The highest BCUT2D eigenvalue weighted by Crippen LogP contribution is 2.33. The number of nitrogens with one attached hydrogen (secondary N) is 2. The van der Waals surface area contributed by atoms with Crippen LogP contribution < -0.4 is 10.6 Å². The standard InChI is InChI=1S/C7H16N2/c1-3-9-6-7(8-2)4-5-7/h8-9H,3-6H2,1-2H3. The second-order valence-electron chi connectivity index (χ2n) is 2.81. The van der Waals surface area contributed by atoms with Crippen molar-refractivity contribution in [3.05, 3.63) is 0 Å². The zero-order valence-electron chi connectivity index (χ0n) is 6.33. The Labute approximate surface area is 57.0 Å². The van der Waals surface area contributed by atoms with Crippen molar-refractivity contribution in [1.29, 1.82) is 0 Å². The van der Waals surface area contributed by atoms with E-state index in [1.165, 1.54) is 12.8 Å². The Kier molecular flexibility index (Phi) is 2.09. The van der Waals surface area contributed by atoms with Crippen molar-refractivity contribution in [3.63, 3.8) is 0 Å². The average Bonchev–Trinajstić information content (AvgIpc) is 2.65. The largest absolute Gasteiger partial charge is 0.315 e. The number of hydrogen-bond acceptors (Lipinski definition) is 2. The molecule has 1 aliphatic rings. The summed E-state index contributed by atoms with van der Waals surface area (Å²) in [5, 5.41) is 6.66. The lowest BCUT2D eigenvalue weighted by Gasteiger charge is -2.13. The minimum absolute atomic E-state index is 0.482. The van der Waals surface area contributed by atoms with Crippen LogP contribution in [0.4, 0.5) is 0 Å². The molecule has 0 bridgehead atoms. The van der Waals surface area contributed by atoms with Crippen molar-refractivity contribution < 1.29 is 0 Å². The second kappa shape index (κ2) is 2.67. The Morgan fingerprint density at radius 2 is 2.11 bits per heavy atom. The normalized spacial score (nSPS) is 22.0. The summed E-state index contributed by atoms with van der Waals surface area (Å²) in [5.74, 6) is 0. The van der Waals surface area contributed by atoms with Gasteiger partial charge in [-0.05, 0) is 26.4 Å². The van der Waals surface area contributed by atoms with Gasteiger partial charge in [-0.3, -0.25) is 0 Å². The van der Waals surface area contributed by atoms with Gasteiger partial charge in [0.15, 0.2) is 0 Å². The van der Waals surface area contributed by atoms with E-state index in [2.05, 4.69) is 17.6 Å². The van der Waals surface area contributed by atoms with Crippen molar-refractivity contribution in [3.8, 4) is 0 Å². The van der Waals surface area contributed by atoms with E-state index in [4.69, 9.17) is 0 Å². The summed E-state index contributed by atoms with van der Waals surface area (Å²) in [5.41, 5.74) is 0.482. The van der Waals surface area contributed by atoms with E-state index in [0.29, 0.717) is 5.54 Å². The smallest absolute Gasteiger partial charge is 0.0304 e. The van der Waals surface area contributed by atoms with Crippen LogP contribution in [0.5, 0.6) is 0 Å². The third kappa shape index (κ3) is 1.66. The molecule has 1 saturated carbocycles. The van der Waals surface area contributed by atoms with Gasteiger partial charge in [-0.25, -0.2) is 0 Å². The van der Waals surface area contributed by atoms with Gasteiger partial charge in [-0.2, -0.15) is 0 Å². The molecule has 1 fully saturated rings. The molecular formula is C7H16N2. The van der Waals surface area contributed by atoms with Gasteiger partial charge in [-0.15, -0.1) is 0 Å². The predicted octanol–water partition coefficient (Wildman–Crippen LogP) is 0.348. The van der Waals surface area contributed by atoms with Gasteiger partial charge < -0.3 is 10.6 Å². The maximum absolute atomic E-state index is 3.34. The quantitative estimate of drug-likeness (QED) is 0.571. The Morgan fingerprint density at radius 1 is 1.44 bits per heavy atom. The highest BCUT2D eigenvalue weighted by molar-refractivity contribution is 5.02. The SMILES string of the molecule is CCNCC1(NC)CC1. The van der Waals surface area contributed by atoms with Gasteiger partial charge in [0, 0.05) is 12.1 Å². The lowest BCUT2D eigenvalue weighted by atomic mass is 10.3. The first kappa shape index (κ1) is 7.03. The van der Waals surface area contributed by atoms with Crippen LogP contribution in [0.15, 0.2) is 0 Å². The molecule has 0 radical (unpaired) electrons. The zero-order chi connectivity index (χ0) is 6.74. The first-order chi connectivity index (χ1) is 4.33. The van der Waals surface area contributed by atoms with Crippen molar-refractivity contribution in [2.75, 3.05) is 20.1 Å². The monoisotopic (exact) mass is 128 g/mol. The maximum atomic E-state index is 3.34. The molecule has 0 amide bonds. The third-order valence-corrected chi connectivity index (χ3v) is 2.10. The molecule has 0 aromatic carbocycles. The lowest BCUT2D eigenvalue weighted by molar-refractivity contribution is 0.504. The molecule has 0 saturated heterocycles. The molecule has 0 atom stereocenters. The van der Waals surface area contributed by atoms with Crippen molar-refractivity contribution in [2.24, 2.45) is 0 Å². The van der Waals surface area contributed by atoms with Crippen LogP contribution in [0, 0.1) is 0 Å². The molecule has 9 heavy (non-hydrogen) atoms. The molecule has 0 aromatic rings. The van der Waals surface area contributed by atoms with Crippen molar-refractivity contribution in [2.45, 2.75) is 25.3 Å². The third-order valence-electron chi connectivity index (χ3n) is 2.10. The summed E-state index contributed by atoms with van der Waals surface area (Å²) in [6.07, 6.45) is 2.69. The van der Waals surface area contributed by atoms with E-state index in [-0.39, 0.29) is 0 Å². The van der Waals surface area contributed by atoms with Crippen LogP contribution in [0.25, 0.3) is 0 Å². The molecule has 2 nitrogen and oxygen atoms in total. The highest BCUT2D eigenvalue weighted by atomic mass is 15.1. The van der Waals surface area contributed by atoms with Gasteiger partial charge in [0.1, 0.15) is 0 Å². The summed E-state index contributed by atoms with van der Waals surface area (Å²) >= 11 is 0. The van der Waals surface area contributed by atoms with E-state index < -0.39 is 0 Å². The van der Waals surface area contributed by atoms with Crippen LogP contribution >= 0.6 is 0 Å². The predicted molar refractivity (Wildman–Crippen MR) is 39.6 cm³/mol. The summed E-state index contributed by atoms with van der Waals surface area (Å²) < 4.78 is 0. The average molecular weight is 128 g/mol. The summed E-state index contributed by atoms with van der Waals surface area (Å²) in [6.45, 7) is 4.37. The molecule has 0 unspecified atom stereocenters. The van der Waals surface area contributed by atoms with Gasteiger partial charge in [-0.1, -0.05) is 6.92 Å². The maximum Gasteiger partial charge on any atom is 0.0304 e. The fourth-order valence-corrected chi connectivity index (χ4v) is 1.03. The molecule has 54 valence electrons. The van der Waals surface area contributed by atoms with Crippen LogP contribution in [0.3, 0.4) is 0 Å². The highest BCUT2D eigenvalue weighted by Gasteiger charge is 2.39. The lowest BCUT2D eigenvalue weighted by Crippen LogP contribution is -2.38. The molecule has 0 aliphatic heterocycles. The van der Waals surface area contributed by atoms with E-state index >= 15 is 0 Å². The molecular weight excluding hydrogens is 112 g/mol. The first-order valence-corrected chi connectivity index (χ1v) is 3.72. The van der Waals surface area contributed by atoms with Gasteiger partial charge in [0.05, 0.1) is 0 Å². The molecule has 0 aromatic heterocycles.